The summed E-state index contributed by atoms with van der Waals surface area (Å²) in [6.07, 6.45) is 6.04. The Hall–Kier alpha value is -0.920. The van der Waals surface area contributed by atoms with Crippen molar-refractivity contribution in [3.8, 4) is 0 Å². The summed E-state index contributed by atoms with van der Waals surface area (Å²) in [4.78, 5) is 2.03. The molecule has 0 heterocycles. The van der Waals surface area contributed by atoms with Crippen molar-refractivity contribution in [2.75, 3.05) is 7.05 Å². The molecule has 0 aliphatic carbocycles. The molecule has 11 heavy (non-hydrogen) atoms. The van der Waals surface area contributed by atoms with Crippen LogP contribution < -0.4 is 5.73 Å². The average molecular weight is 154 g/mol. The molecule has 1 atom stereocenters. The van der Waals surface area contributed by atoms with Gasteiger partial charge in [-0.2, -0.15) is 0 Å². The lowest BCUT2D eigenvalue weighted by Crippen LogP contribution is -2.30. The number of hydrogen-bond acceptors (Lipinski definition) is 2. The van der Waals surface area contributed by atoms with Crippen molar-refractivity contribution in [2.24, 2.45) is 5.73 Å². The number of hydrogen-bond donors (Lipinski definition) is 1. The van der Waals surface area contributed by atoms with Crippen molar-refractivity contribution in [3.05, 3.63) is 24.0 Å². The Morgan fingerprint density at radius 1 is 1.45 bits per heavy atom. The third-order valence-corrected chi connectivity index (χ3v) is 1.78. The van der Waals surface area contributed by atoms with Gasteiger partial charge >= 0.3 is 0 Å². The molecule has 0 aromatic heterocycles. The van der Waals surface area contributed by atoms with E-state index in [0.29, 0.717) is 6.04 Å². The van der Waals surface area contributed by atoms with Gasteiger partial charge in [0.1, 0.15) is 0 Å². The van der Waals surface area contributed by atoms with E-state index < -0.39 is 0 Å². The van der Waals surface area contributed by atoms with Crippen molar-refractivity contribution in [1.82, 2.24) is 4.90 Å². The number of nitrogens with zero attached hydrogens (tertiary/aromatic N) is 1. The van der Waals surface area contributed by atoms with Crippen LogP contribution in [0, 0.1) is 0 Å². The van der Waals surface area contributed by atoms with E-state index in [0.717, 1.165) is 5.82 Å². The molecule has 2 N–H and O–H groups in total. The summed E-state index contributed by atoms with van der Waals surface area (Å²) in [5.41, 5.74) is 5.70. The summed E-state index contributed by atoms with van der Waals surface area (Å²) in [5, 5.41) is 0. The highest BCUT2D eigenvalue weighted by atomic mass is 15.2. The second kappa shape index (κ2) is 4.83. The monoisotopic (exact) mass is 154 g/mol. The minimum Gasteiger partial charge on any atom is -0.386 e. The number of allylic oxidation sites excluding steroid dienone is 2. The molecule has 0 saturated carbocycles. The fourth-order valence-electron chi connectivity index (χ4n) is 0.846. The van der Waals surface area contributed by atoms with Crippen LogP contribution in [0.15, 0.2) is 24.0 Å². The molecule has 0 saturated heterocycles. The minimum atomic E-state index is 0.371. The van der Waals surface area contributed by atoms with Crippen LogP contribution in [0.1, 0.15) is 20.8 Å². The molecular weight excluding hydrogens is 136 g/mol. The largest absolute Gasteiger partial charge is 0.386 e. The van der Waals surface area contributed by atoms with Crippen molar-refractivity contribution < 1.29 is 0 Å². The van der Waals surface area contributed by atoms with Crippen molar-refractivity contribution in [2.45, 2.75) is 26.8 Å². The Balaban J connectivity index is 4.12. The van der Waals surface area contributed by atoms with Gasteiger partial charge in [-0.05, 0) is 26.8 Å². The summed E-state index contributed by atoms with van der Waals surface area (Å²) in [6, 6.07) is 0.371. The van der Waals surface area contributed by atoms with Crippen LogP contribution >= 0.6 is 0 Å². The quantitative estimate of drug-likeness (QED) is 0.627. The number of nitrogens with two attached hydrogens (primary N) is 1. The van der Waals surface area contributed by atoms with E-state index in [4.69, 9.17) is 5.73 Å². The van der Waals surface area contributed by atoms with Crippen LogP contribution in [0.4, 0.5) is 0 Å². The van der Waals surface area contributed by atoms with E-state index >= 15 is 0 Å². The Morgan fingerprint density at radius 2 is 2.00 bits per heavy atom. The van der Waals surface area contributed by atoms with Gasteiger partial charge in [-0.15, -0.1) is 0 Å². The van der Waals surface area contributed by atoms with Gasteiger partial charge in [-0.25, -0.2) is 0 Å². The molecule has 0 amide bonds. The molecule has 0 aromatic carbocycles. The van der Waals surface area contributed by atoms with Crippen LogP contribution in [-0.4, -0.2) is 18.0 Å². The van der Waals surface area contributed by atoms with Crippen molar-refractivity contribution in [1.29, 1.82) is 0 Å². The molecule has 0 aromatic rings. The summed E-state index contributed by atoms with van der Waals surface area (Å²) in [6.45, 7) is 6.06. The van der Waals surface area contributed by atoms with Crippen molar-refractivity contribution >= 4 is 0 Å². The van der Waals surface area contributed by atoms with Gasteiger partial charge in [0, 0.05) is 13.1 Å². The zero-order valence-electron chi connectivity index (χ0n) is 7.83. The standard InChI is InChI=1S/C9H18N2/c1-5-7-8(3)11(4)9(10)6-2/h5-8H,10H2,1-4H3/b7-5-,9-6-. The predicted octanol–water partition coefficient (Wildman–Crippen LogP) is 1.70. The summed E-state index contributed by atoms with van der Waals surface area (Å²) >= 11 is 0. The first-order valence-electron chi connectivity index (χ1n) is 3.91. The third-order valence-electron chi connectivity index (χ3n) is 1.78. The number of rotatable bonds is 3. The maximum Gasteiger partial charge on any atom is 0.0944 e. The van der Waals surface area contributed by atoms with E-state index in [2.05, 4.69) is 13.0 Å². The van der Waals surface area contributed by atoms with Gasteiger partial charge in [0.2, 0.25) is 0 Å². The normalized spacial score (nSPS) is 15.5. The van der Waals surface area contributed by atoms with E-state index in [9.17, 15) is 0 Å². The van der Waals surface area contributed by atoms with Crippen LogP contribution in [0.25, 0.3) is 0 Å². The zero-order valence-corrected chi connectivity index (χ0v) is 7.83. The smallest absolute Gasteiger partial charge is 0.0944 e. The lowest BCUT2D eigenvalue weighted by atomic mass is 10.3. The molecule has 2 heteroatoms. The predicted molar refractivity (Wildman–Crippen MR) is 50.0 cm³/mol. The molecule has 0 bridgehead atoms. The minimum absolute atomic E-state index is 0.371. The molecule has 0 aliphatic heterocycles. The number of likely N-dealkylation sites (N-methyl/N-ethyl adjacent to an activating group) is 1. The second-order valence-corrected chi connectivity index (χ2v) is 2.59. The van der Waals surface area contributed by atoms with Gasteiger partial charge in [0.25, 0.3) is 0 Å². The topological polar surface area (TPSA) is 29.3 Å². The highest BCUT2D eigenvalue weighted by Gasteiger charge is 2.03. The van der Waals surface area contributed by atoms with E-state index in [1.165, 1.54) is 0 Å². The maximum absolute atomic E-state index is 5.70. The molecule has 0 aliphatic rings. The highest BCUT2D eigenvalue weighted by Crippen LogP contribution is 2.01. The first kappa shape index (κ1) is 10.1. The Labute approximate surface area is 69.4 Å². The fourth-order valence-corrected chi connectivity index (χ4v) is 0.846. The Morgan fingerprint density at radius 3 is 2.36 bits per heavy atom. The molecule has 0 fully saturated rings. The first-order valence-corrected chi connectivity index (χ1v) is 3.91. The highest BCUT2D eigenvalue weighted by molar-refractivity contribution is 5.00. The van der Waals surface area contributed by atoms with Gasteiger partial charge in [0.15, 0.2) is 0 Å². The lowest BCUT2D eigenvalue weighted by molar-refractivity contribution is 0.368. The van der Waals surface area contributed by atoms with Gasteiger partial charge < -0.3 is 10.6 Å². The van der Waals surface area contributed by atoms with E-state index in [-0.39, 0.29) is 0 Å². The van der Waals surface area contributed by atoms with Gasteiger partial charge in [0.05, 0.1) is 5.82 Å². The van der Waals surface area contributed by atoms with E-state index in [1.807, 2.05) is 37.9 Å². The Kier molecular flexibility index (Phi) is 4.42. The van der Waals surface area contributed by atoms with Crippen LogP contribution in [0.5, 0.6) is 0 Å². The van der Waals surface area contributed by atoms with Crippen LogP contribution in [0.2, 0.25) is 0 Å². The molecule has 64 valence electrons. The molecule has 0 rings (SSSR count). The molecule has 0 radical (unpaired) electrons. The lowest BCUT2D eigenvalue weighted by Gasteiger charge is -2.24. The average Bonchev–Trinajstić information content (AvgIpc) is 2.02. The summed E-state index contributed by atoms with van der Waals surface area (Å²) in [7, 11) is 1.99. The summed E-state index contributed by atoms with van der Waals surface area (Å²) in [5.74, 6) is 0.815. The first-order chi connectivity index (χ1) is 5.13. The maximum atomic E-state index is 5.70. The summed E-state index contributed by atoms with van der Waals surface area (Å²) < 4.78 is 0. The van der Waals surface area contributed by atoms with Crippen molar-refractivity contribution in [3.63, 3.8) is 0 Å². The van der Waals surface area contributed by atoms with Gasteiger partial charge in [-0.1, -0.05) is 12.2 Å². The Bertz CT molecular complexity index is 159. The third kappa shape index (κ3) is 3.12. The van der Waals surface area contributed by atoms with Gasteiger partial charge in [-0.3, -0.25) is 0 Å². The molecular formula is C9H18N2. The van der Waals surface area contributed by atoms with Crippen LogP contribution in [-0.2, 0) is 0 Å². The van der Waals surface area contributed by atoms with Crippen LogP contribution in [0.3, 0.4) is 0 Å². The zero-order chi connectivity index (χ0) is 8.85. The molecule has 0 spiro atoms. The second-order valence-electron chi connectivity index (χ2n) is 2.59. The fraction of sp³-hybridized carbons (Fsp3) is 0.556. The molecule has 2 nitrogen and oxygen atoms in total. The SMILES string of the molecule is C/C=C\C(C)N(C)/C(N)=C\C. The molecule has 1 unspecified atom stereocenters. The van der Waals surface area contributed by atoms with E-state index in [1.54, 1.807) is 0 Å².